The summed E-state index contributed by atoms with van der Waals surface area (Å²) in [4.78, 5) is 11.2. The lowest BCUT2D eigenvalue weighted by Crippen LogP contribution is -2.04. The number of aromatic carboxylic acids is 1. The first kappa shape index (κ1) is 15.0. The minimum absolute atomic E-state index is 0.0578. The third-order valence-corrected chi connectivity index (χ3v) is 3.00. The number of halogens is 1. The fourth-order valence-electron chi connectivity index (χ4n) is 1.96. The van der Waals surface area contributed by atoms with Gasteiger partial charge in [-0.2, -0.15) is 5.10 Å². The van der Waals surface area contributed by atoms with Gasteiger partial charge in [-0.15, -0.1) is 0 Å². The van der Waals surface area contributed by atoms with Gasteiger partial charge in [0.25, 0.3) is 0 Å². The fraction of sp³-hybridized carbons (Fsp3) is 0.286. The number of ether oxygens (including phenoxy) is 1. The van der Waals surface area contributed by atoms with E-state index in [0.717, 1.165) is 0 Å². The highest BCUT2D eigenvalue weighted by Crippen LogP contribution is 2.21. The normalized spacial score (nSPS) is 10.6. The molecule has 0 amide bonds. The number of hydrogen-bond donors (Lipinski definition) is 2. The van der Waals surface area contributed by atoms with Gasteiger partial charge in [0.2, 0.25) is 0 Å². The number of carboxylic acid groups (broad SMARTS) is 1. The molecule has 2 N–H and O–H groups in total. The number of methoxy groups -OCH3 is 1. The molecule has 1 aromatic carbocycles. The summed E-state index contributed by atoms with van der Waals surface area (Å²) in [7, 11) is 1.45. The molecular weight excluding hydrogens is 279 g/mol. The number of nitrogens with zero attached hydrogens (tertiary/aromatic N) is 2. The molecule has 0 atom stereocenters. The zero-order valence-electron chi connectivity index (χ0n) is 11.4. The van der Waals surface area contributed by atoms with E-state index >= 15 is 0 Å². The average molecular weight is 294 g/mol. The highest BCUT2D eigenvalue weighted by atomic mass is 19.1. The number of rotatable bonds is 6. The first-order valence-electron chi connectivity index (χ1n) is 6.33. The van der Waals surface area contributed by atoms with Crippen LogP contribution in [0.5, 0.6) is 5.75 Å². The van der Waals surface area contributed by atoms with Crippen molar-refractivity contribution in [2.75, 3.05) is 13.7 Å². The van der Waals surface area contributed by atoms with Gasteiger partial charge in [-0.25, -0.2) is 13.9 Å². The van der Waals surface area contributed by atoms with Gasteiger partial charge in [0.05, 0.1) is 7.11 Å². The van der Waals surface area contributed by atoms with Crippen molar-refractivity contribution >= 4 is 5.97 Å². The standard InChI is InChI=1S/C14H15FN2O4/c1-21-10-4-5-11(15)12(7-10)17-8-9(3-2-6-18)13(16-17)14(19)20/h4-5,7-8,18H,2-3,6H2,1H3,(H,19,20). The van der Waals surface area contributed by atoms with Crippen LogP contribution < -0.4 is 4.74 Å². The number of aryl methyl sites for hydroxylation is 1. The van der Waals surface area contributed by atoms with E-state index in [2.05, 4.69) is 5.10 Å². The first-order chi connectivity index (χ1) is 10.1. The summed E-state index contributed by atoms with van der Waals surface area (Å²) in [5.74, 6) is -1.29. The molecule has 0 saturated heterocycles. The van der Waals surface area contributed by atoms with Crippen molar-refractivity contribution in [1.29, 1.82) is 0 Å². The molecule has 0 aliphatic rings. The summed E-state index contributed by atoms with van der Waals surface area (Å²) in [6.45, 7) is -0.0578. The maximum Gasteiger partial charge on any atom is 0.356 e. The SMILES string of the molecule is COc1ccc(F)c(-n2cc(CCCO)c(C(=O)O)n2)c1. The Labute approximate surface area is 120 Å². The molecule has 0 spiro atoms. The largest absolute Gasteiger partial charge is 0.497 e. The molecule has 112 valence electrons. The van der Waals surface area contributed by atoms with E-state index in [1.54, 1.807) is 0 Å². The van der Waals surface area contributed by atoms with E-state index in [1.165, 1.54) is 36.2 Å². The first-order valence-corrected chi connectivity index (χ1v) is 6.33. The number of carbonyl (C=O) groups is 1. The Kier molecular flexibility index (Phi) is 4.54. The minimum Gasteiger partial charge on any atom is -0.497 e. The third-order valence-electron chi connectivity index (χ3n) is 3.00. The van der Waals surface area contributed by atoms with Gasteiger partial charge in [0, 0.05) is 24.4 Å². The van der Waals surface area contributed by atoms with E-state index in [-0.39, 0.29) is 18.0 Å². The molecule has 7 heteroatoms. The molecule has 2 rings (SSSR count). The van der Waals surface area contributed by atoms with Crippen LogP contribution in [-0.4, -0.2) is 39.7 Å². The Balaban J connectivity index is 2.46. The topological polar surface area (TPSA) is 84.6 Å². The molecule has 1 aromatic heterocycles. The van der Waals surface area contributed by atoms with Crippen LogP contribution in [0.4, 0.5) is 4.39 Å². The molecule has 21 heavy (non-hydrogen) atoms. The molecular formula is C14H15FN2O4. The predicted octanol–water partition coefficient (Wildman–Crippen LogP) is 1.64. The van der Waals surface area contributed by atoms with Crippen LogP contribution in [0.15, 0.2) is 24.4 Å². The molecule has 0 fully saturated rings. The highest BCUT2D eigenvalue weighted by molar-refractivity contribution is 5.87. The number of benzene rings is 1. The van der Waals surface area contributed by atoms with Crippen molar-refractivity contribution in [3.05, 3.63) is 41.5 Å². The smallest absolute Gasteiger partial charge is 0.356 e. The Morgan fingerprint density at radius 1 is 1.48 bits per heavy atom. The monoisotopic (exact) mass is 294 g/mol. The molecule has 6 nitrogen and oxygen atoms in total. The van der Waals surface area contributed by atoms with E-state index in [4.69, 9.17) is 14.9 Å². The van der Waals surface area contributed by atoms with Gasteiger partial charge < -0.3 is 14.9 Å². The molecule has 0 unspecified atom stereocenters. The Morgan fingerprint density at radius 3 is 2.86 bits per heavy atom. The summed E-state index contributed by atoms with van der Waals surface area (Å²) < 4.78 is 20.1. The maximum atomic E-state index is 13.9. The number of aromatic nitrogens is 2. The van der Waals surface area contributed by atoms with Crippen LogP contribution in [0, 0.1) is 5.82 Å². The molecule has 0 aliphatic carbocycles. The van der Waals surface area contributed by atoms with Crippen molar-refractivity contribution in [3.63, 3.8) is 0 Å². The molecule has 0 saturated carbocycles. The van der Waals surface area contributed by atoms with Crippen molar-refractivity contribution in [2.24, 2.45) is 0 Å². The van der Waals surface area contributed by atoms with Crippen LogP contribution in [-0.2, 0) is 6.42 Å². The van der Waals surface area contributed by atoms with E-state index < -0.39 is 11.8 Å². The summed E-state index contributed by atoms with van der Waals surface area (Å²) >= 11 is 0. The quantitative estimate of drug-likeness (QED) is 0.846. The van der Waals surface area contributed by atoms with Gasteiger partial charge in [-0.05, 0) is 25.0 Å². The maximum absolute atomic E-state index is 13.9. The lowest BCUT2D eigenvalue weighted by molar-refractivity contribution is 0.0688. The van der Waals surface area contributed by atoms with E-state index in [1.807, 2.05) is 0 Å². The summed E-state index contributed by atoms with van der Waals surface area (Å²) in [6, 6.07) is 4.13. The van der Waals surface area contributed by atoms with Gasteiger partial charge in [-0.1, -0.05) is 0 Å². The molecule has 0 radical (unpaired) electrons. The highest BCUT2D eigenvalue weighted by Gasteiger charge is 2.18. The van der Waals surface area contributed by atoms with Crippen LogP contribution >= 0.6 is 0 Å². The van der Waals surface area contributed by atoms with Gasteiger partial charge in [0.15, 0.2) is 5.69 Å². The van der Waals surface area contributed by atoms with Crippen molar-refractivity contribution in [3.8, 4) is 11.4 Å². The minimum atomic E-state index is -1.19. The molecule has 1 heterocycles. The van der Waals surface area contributed by atoms with Crippen molar-refractivity contribution in [1.82, 2.24) is 9.78 Å². The predicted molar refractivity (Wildman–Crippen MR) is 72.4 cm³/mol. The summed E-state index contributed by atoms with van der Waals surface area (Å²) in [5.41, 5.74) is 0.400. The fourth-order valence-corrected chi connectivity index (χ4v) is 1.96. The van der Waals surface area contributed by atoms with Crippen LogP contribution in [0.1, 0.15) is 22.5 Å². The summed E-state index contributed by atoms with van der Waals surface area (Å²) in [5, 5.41) is 21.9. The Hall–Kier alpha value is -2.41. The van der Waals surface area contributed by atoms with Gasteiger partial charge in [-0.3, -0.25) is 0 Å². The lowest BCUT2D eigenvalue weighted by atomic mass is 10.1. The lowest BCUT2D eigenvalue weighted by Gasteiger charge is -2.05. The van der Waals surface area contributed by atoms with Crippen molar-refractivity contribution in [2.45, 2.75) is 12.8 Å². The van der Waals surface area contributed by atoms with E-state index in [9.17, 15) is 9.18 Å². The van der Waals surface area contributed by atoms with Crippen LogP contribution in [0.2, 0.25) is 0 Å². The van der Waals surface area contributed by atoms with E-state index in [0.29, 0.717) is 24.2 Å². The van der Waals surface area contributed by atoms with Gasteiger partial charge >= 0.3 is 5.97 Å². The number of hydrogen-bond acceptors (Lipinski definition) is 4. The molecule has 2 aromatic rings. The van der Waals surface area contributed by atoms with Crippen LogP contribution in [0.25, 0.3) is 5.69 Å². The summed E-state index contributed by atoms with van der Waals surface area (Å²) in [6.07, 6.45) is 2.22. The average Bonchev–Trinajstić information content (AvgIpc) is 2.89. The van der Waals surface area contributed by atoms with Crippen molar-refractivity contribution < 1.29 is 24.1 Å². The zero-order chi connectivity index (χ0) is 15.4. The van der Waals surface area contributed by atoms with Crippen LogP contribution in [0.3, 0.4) is 0 Å². The Morgan fingerprint density at radius 2 is 2.24 bits per heavy atom. The molecule has 0 aliphatic heterocycles. The third kappa shape index (κ3) is 3.19. The zero-order valence-corrected chi connectivity index (χ0v) is 11.4. The Bertz CT molecular complexity index is 654. The second-order valence-corrected chi connectivity index (χ2v) is 4.40. The van der Waals surface area contributed by atoms with Gasteiger partial charge in [0.1, 0.15) is 17.3 Å². The second kappa shape index (κ2) is 6.36. The second-order valence-electron chi connectivity index (χ2n) is 4.40. The number of aliphatic hydroxyl groups excluding tert-OH is 1. The molecule has 0 bridgehead atoms. The number of carboxylic acids is 1. The number of aliphatic hydroxyl groups is 1.